The van der Waals surface area contributed by atoms with Crippen LogP contribution in [0.15, 0.2) is 24.3 Å². The molecular weight excluding hydrogens is 350 g/mol. The van der Waals surface area contributed by atoms with Gasteiger partial charge >= 0.3 is 12.6 Å². The van der Waals surface area contributed by atoms with Crippen LogP contribution in [0, 0.1) is 0 Å². The Balaban J connectivity index is 1.60. The Morgan fingerprint density at radius 1 is 1.12 bits per heavy atom. The summed E-state index contributed by atoms with van der Waals surface area (Å²) in [4.78, 5) is 16.3. The molecule has 2 aliphatic heterocycles. The number of amides is 2. The van der Waals surface area contributed by atoms with Gasteiger partial charge in [0.25, 0.3) is 0 Å². The van der Waals surface area contributed by atoms with Crippen LogP contribution in [-0.2, 0) is 10.8 Å². The lowest BCUT2D eigenvalue weighted by Gasteiger charge is -2.37. The fourth-order valence-electron chi connectivity index (χ4n) is 3.37. The smallest absolute Gasteiger partial charge is 0.387 e. The number of nitrogens with zero attached hydrogens (tertiary/aromatic N) is 2. The SMILES string of the molecule is O=C(N1CCS(=O)CC1)N1CCCC(c2ccc(OC(F)F)cc2)C1. The predicted molar refractivity (Wildman–Crippen MR) is 91.5 cm³/mol. The van der Waals surface area contributed by atoms with E-state index < -0.39 is 17.4 Å². The molecule has 2 amide bonds. The molecule has 1 unspecified atom stereocenters. The summed E-state index contributed by atoms with van der Waals surface area (Å²) in [6, 6.07) is 6.68. The first-order valence-corrected chi connectivity index (χ1v) is 9.95. The molecule has 2 saturated heterocycles. The zero-order chi connectivity index (χ0) is 17.8. The third-order valence-corrected chi connectivity index (χ3v) is 5.99. The van der Waals surface area contributed by atoms with E-state index in [4.69, 9.17) is 0 Å². The van der Waals surface area contributed by atoms with Gasteiger partial charge in [-0.15, -0.1) is 0 Å². The van der Waals surface area contributed by atoms with Crippen LogP contribution in [-0.4, -0.2) is 64.3 Å². The van der Waals surface area contributed by atoms with Crippen molar-refractivity contribution >= 4 is 16.8 Å². The first-order valence-electron chi connectivity index (χ1n) is 8.46. The third-order valence-electron chi connectivity index (χ3n) is 4.72. The molecule has 8 heteroatoms. The van der Waals surface area contributed by atoms with Crippen LogP contribution in [0.1, 0.15) is 24.3 Å². The molecule has 2 fully saturated rings. The number of likely N-dealkylation sites (tertiary alicyclic amines) is 1. The molecule has 0 aliphatic carbocycles. The van der Waals surface area contributed by atoms with Gasteiger partial charge in [0.05, 0.1) is 0 Å². The average Bonchev–Trinajstić information content (AvgIpc) is 2.62. The minimum Gasteiger partial charge on any atom is -0.435 e. The van der Waals surface area contributed by atoms with Crippen molar-refractivity contribution in [3.05, 3.63) is 29.8 Å². The lowest BCUT2D eigenvalue weighted by atomic mass is 9.91. The van der Waals surface area contributed by atoms with Gasteiger partial charge in [0.2, 0.25) is 0 Å². The van der Waals surface area contributed by atoms with Crippen LogP contribution < -0.4 is 4.74 Å². The molecule has 138 valence electrons. The highest BCUT2D eigenvalue weighted by atomic mass is 32.2. The van der Waals surface area contributed by atoms with E-state index in [0.717, 1.165) is 24.9 Å². The zero-order valence-electron chi connectivity index (χ0n) is 13.9. The number of hydrogen-bond acceptors (Lipinski definition) is 3. The Bertz CT molecular complexity index is 617. The van der Waals surface area contributed by atoms with Crippen molar-refractivity contribution < 1.29 is 22.5 Å². The van der Waals surface area contributed by atoms with Crippen molar-refractivity contribution in [1.29, 1.82) is 0 Å². The Morgan fingerprint density at radius 3 is 2.44 bits per heavy atom. The van der Waals surface area contributed by atoms with Crippen LogP contribution in [0.5, 0.6) is 5.75 Å². The van der Waals surface area contributed by atoms with E-state index in [1.807, 2.05) is 4.90 Å². The van der Waals surface area contributed by atoms with Crippen molar-refractivity contribution in [1.82, 2.24) is 9.80 Å². The van der Waals surface area contributed by atoms with Crippen molar-refractivity contribution in [2.45, 2.75) is 25.4 Å². The van der Waals surface area contributed by atoms with Crippen LogP contribution in [0.3, 0.4) is 0 Å². The average molecular weight is 372 g/mol. The van der Waals surface area contributed by atoms with Crippen molar-refractivity contribution in [3.63, 3.8) is 0 Å². The minimum absolute atomic E-state index is 0.0130. The maximum absolute atomic E-state index is 12.7. The molecule has 2 aliphatic rings. The van der Waals surface area contributed by atoms with Gasteiger partial charge in [-0.05, 0) is 30.5 Å². The van der Waals surface area contributed by atoms with Crippen LogP contribution in [0.25, 0.3) is 0 Å². The van der Waals surface area contributed by atoms with Gasteiger partial charge in [-0.25, -0.2) is 4.79 Å². The van der Waals surface area contributed by atoms with Crippen LogP contribution in [0.2, 0.25) is 0 Å². The van der Waals surface area contributed by atoms with Crippen molar-refractivity contribution in [3.8, 4) is 5.75 Å². The van der Waals surface area contributed by atoms with Gasteiger partial charge in [-0.1, -0.05) is 12.1 Å². The molecule has 5 nitrogen and oxygen atoms in total. The summed E-state index contributed by atoms with van der Waals surface area (Å²) in [7, 11) is -0.803. The monoisotopic (exact) mass is 372 g/mol. The Labute approximate surface area is 148 Å². The van der Waals surface area contributed by atoms with Gasteiger partial charge in [0.15, 0.2) is 0 Å². The summed E-state index contributed by atoms with van der Waals surface area (Å²) >= 11 is 0. The molecule has 3 rings (SSSR count). The number of ether oxygens (including phenoxy) is 1. The Morgan fingerprint density at radius 2 is 1.80 bits per heavy atom. The maximum atomic E-state index is 12.7. The second-order valence-corrected chi connectivity index (χ2v) is 8.05. The number of hydrogen-bond donors (Lipinski definition) is 0. The number of benzene rings is 1. The van der Waals surface area contributed by atoms with Gasteiger partial charge in [-0.2, -0.15) is 8.78 Å². The molecule has 2 heterocycles. The normalized spacial score (nSPS) is 22.3. The summed E-state index contributed by atoms with van der Waals surface area (Å²) in [5.41, 5.74) is 1.03. The maximum Gasteiger partial charge on any atom is 0.387 e. The fourth-order valence-corrected chi connectivity index (χ4v) is 4.43. The highest BCUT2D eigenvalue weighted by molar-refractivity contribution is 7.85. The lowest BCUT2D eigenvalue weighted by Crippen LogP contribution is -2.51. The number of rotatable bonds is 3. The molecule has 0 saturated carbocycles. The van der Waals surface area contributed by atoms with Gasteiger partial charge in [0.1, 0.15) is 5.75 Å². The second-order valence-electron chi connectivity index (χ2n) is 6.35. The first kappa shape index (κ1) is 18.1. The molecule has 0 spiro atoms. The van der Waals surface area contributed by atoms with E-state index in [0.29, 0.717) is 31.1 Å². The number of piperidine rings is 1. The highest BCUT2D eigenvalue weighted by Crippen LogP contribution is 2.29. The van der Waals surface area contributed by atoms with E-state index in [-0.39, 0.29) is 17.7 Å². The van der Waals surface area contributed by atoms with E-state index in [1.165, 1.54) is 0 Å². The Hall–Kier alpha value is -1.70. The summed E-state index contributed by atoms with van der Waals surface area (Å²) < 4.78 is 40.3. The third kappa shape index (κ3) is 4.68. The predicted octanol–water partition coefficient (Wildman–Crippen LogP) is 2.65. The van der Waals surface area contributed by atoms with E-state index >= 15 is 0 Å². The molecule has 0 radical (unpaired) electrons. The summed E-state index contributed by atoms with van der Waals surface area (Å²) in [5.74, 6) is 1.43. The van der Waals surface area contributed by atoms with Crippen LogP contribution in [0.4, 0.5) is 13.6 Å². The van der Waals surface area contributed by atoms with E-state index in [2.05, 4.69) is 4.74 Å². The lowest BCUT2D eigenvalue weighted by molar-refractivity contribution is -0.0498. The van der Waals surface area contributed by atoms with Gasteiger partial charge in [0, 0.05) is 54.4 Å². The van der Waals surface area contributed by atoms with E-state index in [1.54, 1.807) is 29.2 Å². The largest absolute Gasteiger partial charge is 0.435 e. The fraction of sp³-hybridized carbons (Fsp3) is 0.588. The van der Waals surface area contributed by atoms with Crippen LogP contribution >= 0.6 is 0 Å². The number of halogens is 2. The Kier molecular flexibility index (Phi) is 5.88. The minimum atomic E-state index is -2.83. The molecular formula is C17H22F2N2O3S. The quantitative estimate of drug-likeness (QED) is 0.820. The molecule has 25 heavy (non-hydrogen) atoms. The number of alkyl halides is 2. The molecule has 0 bridgehead atoms. The number of urea groups is 1. The first-order chi connectivity index (χ1) is 12.0. The van der Waals surface area contributed by atoms with Gasteiger partial charge in [-0.3, -0.25) is 4.21 Å². The second kappa shape index (κ2) is 8.12. The zero-order valence-corrected chi connectivity index (χ0v) is 14.7. The summed E-state index contributed by atoms with van der Waals surface area (Å²) in [5, 5.41) is 0. The number of carbonyl (C=O) groups excluding carboxylic acids is 1. The van der Waals surface area contributed by atoms with Crippen molar-refractivity contribution in [2.24, 2.45) is 0 Å². The number of carbonyl (C=O) groups is 1. The molecule has 1 atom stereocenters. The van der Waals surface area contributed by atoms with E-state index in [9.17, 15) is 17.8 Å². The van der Waals surface area contributed by atoms with Crippen molar-refractivity contribution in [2.75, 3.05) is 37.7 Å². The summed E-state index contributed by atoms with van der Waals surface area (Å²) in [6.45, 7) is -0.388. The van der Waals surface area contributed by atoms with Gasteiger partial charge < -0.3 is 14.5 Å². The molecule has 1 aromatic carbocycles. The summed E-state index contributed by atoms with van der Waals surface area (Å²) in [6.07, 6.45) is 1.87. The topological polar surface area (TPSA) is 49.9 Å². The molecule has 0 aromatic heterocycles. The molecule has 0 N–H and O–H groups in total. The molecule has 1 aromatic rings. The highest BCUT2D eigenvalue weighted by Gasteiger charge is 2.29. The standard InChI is InChI=1S/C17H22F2N2O3S/c18-16(19)24-15-5-3-13(4-6-15)14-2-1-7-21(12-14)17(22)20-8-10-25(23)11-9-20/h3-6,14,16H,1-2,7-12H2.